The fraction of sp³-hybridized carbons (Fsp3) is 0.583. The third kappa shape index (κ3) is 8.96. The number of nitrogens with two attached hydrogens (primary N) is 1. The fourth-order valence-electron chi connectivity index (χ4n) is 7.38. The van der Waals surface area contributed by atoms with E-state index in [-0.39, 0.29) is 26.2 Å². The molecule has 3 amide bonds. The number of carbonyl (C=O) groups excluding carboxylic acids is 3. The van der Waals surface area contributed by atoms with Gasteiger partial charge in [0.05, 0.1) is 31.3 Å². The second kappa shape index (κ2) is 17.3. The van der Waals surface area contributed by atoms with Crippen molar-refractivity contribution in [1.29, 1.82) is 0 Å². The summed E-state index contributed by atoms with van der Waals surface area (Å²) in [6.45, 7) is 0.473. The SMILES string of the molecule is CN1C(=O)O[C@@]2(C)CO[C@H](O[C@@H]3[C@@H](O)[C@H](O[C@H]4O[C@H](CO)[C@@H](O)[C@H](O)[C@H]4N)[C@@H](NC(=O)OCc4ccccc4)C[C@H]3NC(=O)OCc3ccccc3)[C@H](O)[C@@H]12. The molecule has 302 valence electrons. The van der Waals surface area contributed by atoms with Gasteiger partial charge in [0.25, 0.3) is 0 Å². The number of benzene rings is 2. The van der Waals surface area contributed by atoms with Crippen LogP contribution in [0.5, 0.6) is 0 Å². The van der Waals surface area contributed by atoms with Gasteiger partial charge in [0.2, 0.25) is 0 Å². The number of likely N-dealkylation sites (N-methyl/N-ethyl adjacent to an activating group) is 1. The normalized spacial score (nSPS) is 37.3. The Labute approximate surface area is 316 Å². The topological polar surface area (TPSA) is 270 Å². The number of aliphatic hydroxyl groups is 5. The second-order valence-electron chi connectivity index (χ2n) is 14.2. The predicted molar refractivity (Wildman–Crippen MR) is 185 cm³/mol. The van der Waals surface area contributed by atoms with E-state index < -0.39 is 110 Å². The number of carbonyl (C=O) groups is 3. The van der Waals surface area contributed by atoms with Crippen molar-refractivity contribution >= 4 is 18.3 Å². The van der Waals surface area contributed by atoms with Gasteiger partial charge in [-0.1, -0.05) is 60.7 Å². The zero-order chi connectivity index (χ0) is 39.4. The largest absolute Gasteiger partial charge is 0.445 e. The van der Waals surface area contributed by atoms with Crippen molar-refractivity contribution in [2.75, 3.05) is 20.3 Å². The first-order valence-corrected chi connectivity index (χ1v) is 17.9. The maximum absolute atomic E-state index is 13.3. The minimum atomic E-state index is -1.79. The van der Waals surface area contributed by atoms with Crippen molar-refractivity contribution in [3.63, 3.8) is 0 Å². The van der Waals surface area contributed by atoms with Crippen molar-refractivity contribution in [3.05, 3.63) is 71.8 Å². The van der Waals surface area contributed by atoms with Crippen LogP contribution in [0, 0.1) is 0 Å². The summed E-state index contributed by atoms with van der Waals surface area (Å²) in [6, 6.07) is 13.0. The fourth-order valence-corrected chi connectivity index (χ4v) is 7.38. The third-order valence-electron chi connectivity index (χ3n) is 10.3. The smallest absolute Gasteiger partial charge is 0.410 e. The molecule has 4 aliphatic rings. The number of ether oxygens (including phenoxy) is 7. The Morgan fingerprint density at radius 1 is 0.836 bits per heavy atom. The molecule has 0 radical (unpaired) electrons. The maximum Gasteiger partial charge on any atom is 0.410 e. The van der Waals surface area contributed by atoms with Gasteiger partial charge in [-0.05, 0) is 24.5 Å². The monoisotopic (exact) mass is 776 g/mol. The number of rotatable bonds is 11. The van der Waals surface area contributed by atoms with Crippen molar-refractivity contribution in [3.8, 4) is 0 Å². The molecule has 4 fully saturated rings. The van der Waals surface area contributed by atoms with Gasteiger partial charge in [-0.25, -0.2) is 14.4 Å². The first-order valence-electron chi connectivity index (χ1n) is 17.9. The number of hydrogen-bond acceptors (Lipinski definition) is 16. The van der Waals surface area contributed by atoms with E-state index in [9.17, 15) is 39.9 Å². The molecule has 1 saturated carbocycles. The van der Waals surface area contributed by atoms with Gasteiger partial charge in [0.15, 0.2) is 18.2 Å². The zero-order valence-corrected chi connectivity index (χ0v) is 30.2. The summed E-state index contributed by atoms with van der Waals surface area (Å²) in [5, 5.41) is 59.7. The van der Waals surface area contributed by atoms with Crippen LogP contribution < -0.4 is 16.4 Å². The minimum absolute atomic E-state index is 0.102. The molecule has 19 heteroatoms. The summed E-state index contributed by atoms with van der Waals surface area (Å²) in [7, 11) is 1.45. The molecule has 0 aromatic heterocycles. The molecule has 3 saturated heterocycles. The molecule has 0 unspecified atom stereocenters. The van der Waals surface area contributed by atoms with E-state index in [1.807, 2.05) is 0 Å². The summed E-state index contributed by atoms with van der Waals surface area (Å²) in [5.41, 5.74) is 6.34. The van der Waals surface area contributed by atoms with E-state index in [0.717, 1.165) is 0 Å². The Morgan fingerprint density at radius 2 is 1.36 bits per heavy atom. The summed E-state index contributed by atoms with van der Waals surface area (Å²) in [6.07, 6.45) is -16.5. The highest BCUT2D eigenvalue weighted by atomic mass is 16.7. The average Bonchev–Trinajstić information content (AvgIpc) is 3.41. The van der Waals surface area contributed by atoms with Crippen LogP contribution in [0.1, 0.15) is 24.5 Å². The summed E-state index contributed by atoms with van der Waals surface area (Å²) in [4.78, 5) is 40.1. The van der Waals surface area contributed by atoms with Crippen LogP contribution in [0.3, 0.4) is 0 Å². The molecule has 2 aromatic carbocycles. The lowest BCUT2D eigenvalue weighted by Crippen LogP contribution is -2.70. The Kier molecular flexibility index (Phi) is 12.8. The second-order valence-corrected chi connectivity index (χ2v) is 14.2. The van der Waals surface area contributed by atoms with Gasteiger partial charge in [0.1, 0.15) is 62.0 Å². The lowest BCUT2D eigenvalue weighted by atomic mass is 9.83. The van der Waals surface area contributed by atoms with Gasteiger partial charge in [0, 0.05) is 7.05 Å². The predicted octanol–water partition coefficient (Wildman–Crippen LogP) is -1.20. The van der Waals surface area contributed by atoms with Gasteiger partial charge in [-0.3, -0.25) is 0 Å². The number of nitrogens with zero attached hydrogens (tertiary/aromatic N) is 1. The molecule has 3 aliphatic heterocycles. The summed E-state index contributed by atoms with van der Waals surface area (Å²) < 4.78 is 40.3. The van der Waals surface area contributed by atoms with Crippen LogP contribution in [0.15, 0.2) is 60.7 Å². The first kappa shape index (κ1) is 40.5. The van der Waals surface area contributed by atoms with Crippen LogP contribution in [-0.2, 0) is 46.4 Å². The van der Waals surface area contributed by atoms with E-state index >= 15 is 0 Å². The highest BCUT2D eigenvalue weighted by Crippen LogP contribution is 2.39. The number of amides is 3. The number of nitrogens with one attached hydrogen (secondary N) is 2. The van der Waals surface area contributed by atoms with Crippen molar-refractivity contribution < 1.29 is 73.1 Å². The number of fused-ring (bicyclic) bond motifs is 1. The van der Waals surface area contributed by atoms with Crippen LogP contribution in [0.25, 0.3) is 0 Å². The molecule has 6 rings (SSSR count). The summed E-state index contributed by atoms with van der Waals surface area (Å²) in [5.74, 6) is 0. The number of hydrogen-bond donors (Lipinski definition) is 8. The van der Waals surface area contributed by atoms with E-state index in [1.54, 1.807) is 67.6 Å². The van der Waals surface area contributed by atoms with Crippen molar-refractivity contribution in [2.24, 2.45) is 5.73 Å². The molecular weight excluding hydrogens is 728 g/mol. The van der Waals surface area contributed by atoms with Gasteiger partial charge in [-0.2, -0.15) is 0 Å². The van der Waals surface area contributed by atoms with Gasteiger partial charge < -0.3 is 80.0 Å². The standard InChI is InChI=1S/C36H48N4O15/c1-36-17-51-32(27(45)30(36)40(2)35(48)55-36)54-29-21(39-34(47)50-16-19-11-7-4-8-12-19)13-20(38-33(46)49-15-18-9-5-3-6-10-18)28(26(29)44)53-31-23(37)25(43)24(42)22(14-41)52-31/h3-12,20-32,41-45H,13-17,37H2,1-2H3,(H,38,46)(H,39,47)/t20-,21+,22+,23+,24+,25+,26-,27+,28+,29-,30+,31+,32+,36-/m0/s1. The quantitative estimate of drug-likeness (QED) is 0.125. The lowest BCUT2D eigenvalue weighted by Gasteiger charge is -2.49. The molecule has 3 heterocycles. The lowest BCUT2D eigenvalue weighted by molar-refractivity contribution is -0.316. The number of aliphatic hydroxyl groups excluding tert-OH is 5. The van der Waals surface area contributed by atoms with Crippen LogP contribution >= 0.6 is 0 Å². The Morgan fingerprint density at radius 3 is 1.89 bits per heavy atom. The highest BCUT2D eigenvalue weighted by Gasteiger charge is 2.60. The van der Waals surface area contributed by atoms with E-state index in [1.165, 1.54) is 11.9 Å². The molecule has 14 atom stereocenters. The van der Waals surface area contributed by atoms with E-state index in [0.29, 0.717) is 11.1 Å². The van der Waals surface area contributed by atoms with E-state index in [4.69, 9.17) is 38.9 Å². The molecule has 1 aliphatic carbocycles. The van der Waals surface area contributed by atoms with Crippen molar-refractivity contribution in [1.82, 2.24) is 15.5 Å². The molecule has 9 N–H and O–H groups in total. The van der Waals surface area contributed by atoms with E-state index in [2.05, 4.69) is 10.6 Å². The molecular formula is C36H48N4O15. The number of alkyl carbamates (subject to hydrolysis) is 2. The average molecular weight is 777 g/mol. The van der Waals surface area contributed by atoms with Gasteiger partial charge >= 0.3 is 18.3 Å². The van der Waals surface area contributed by atoms with Crippen LogP contribution in [0.4, 0.5) is 14.4 Å². The van der Waals surface area contributed by atoms with Crippen LogP contribution in [-0.4, -0.2) is 154 Å². The molecule has 0 spiro atoms. The third-order valence-corrected chi connectivity index (χ3v) is 10.3. The molecule has 55 heavy (non-hydrogen) atoms. The maximum atomic E-state index is 13.3. The van der Waals surface area contributed by atoms with Gasteiger partial charge in [-0.15, -0.1) is 0 Å². The minimum Gasteiger partial charge on any atom is -0.445 e. The Balaban J connectivity index is 1.27. The molecule has 0 bridgehead atoms. The highest BCUT2D eigenvalue weighted by molar-refractivity contribution is 5.71. The zero-order valence-electron chi connectivity index (χ0n) is 30.2. The molecule has 2 aromatic rings. The first-order chi connectivity index (χ1) is 26.3. The summed E-state index contributed by atoms with van der Waals surface area (Å²) >= 11 is 0. The van der Waals surface area contributed by atoms with Crippen LogP contribution in [0.2, 0.25) is 0 Å². The molecule has 19 nitrogen and oxygen atoms in total. The van der Waals surface area contributed by atoms with Crippen molar-refractivity contribution in [2.45, 2.75) is 112 Å². The Bertz CT molecular complexity index is 1610. The Hall–Kier alpha value is -4.15.